The third-order valence-corrected chi connectivity index (χ3v) is 3.27. The molecule has 0 radical (unpaired) electrons. The van der Waals surface area contributed by atoms with Crippen molar-refractivity contribution in [2.24, 2.45) is 0 Å². The number of hydrogen-bond acceptors (Lipinski definition) is 3. The summed E-state index contributed by atoms with van der Waals surface area (Å²) in [4.78, 5) is 11.8. The van der Waals surface area contributed by atoms with Crippen molar-refractivity contribution in [2.45, 2.75) is 24.8 Å². The summed E-state index contributed by atoms with van der Waals surface area (Å²) in [6.07, 6.45) is 1.93. The Hall–Kier alpha value is -1.42. The van der Waals surface area contributed by atoms with Crippen LogP contribution in [0, 0.1) is 5.82 Å². The van der Waals surface area contributed by atoms with Gasteiger partial charge in [-0.15, -0.1) is 0 Å². The molecule has 0 aliphatic carbocycles. The van der Waals surface area contributed by atoms with Gasteiger partial charge < -0.3 is 10.1 Å². The smallest absolute Gasteiger partial charge is 0.326 e. The number of rotatable bonds is 3. The maximum Gasteiger partial charge on any atom is 0.326 e. The fourth-order valence-electron chi connectivity index (χ4n) is 2.37. The van der Waals surface area contributed by atoms with Gasteiger partial charge in [0.15, 0.2) is 0 Å². The van der Waals surface area contributed by atoms with Gasteiger partial charge >= 0.3 is 5.97 Å². The van der Waals surface area contributed by atoms with E-state index in [0.717, 1.165) is 13.0 Å². The highest BCUT2D eigenvalue weighted by molar-refractivity contribution is 5.81. The second-order valence-corrected chi connectivity index (χ2v) is 4.37. The Morgan fingerprint density at radius 1 is 1.53 bits per heavy atom. The molecule has 0 bridgehead atoms. The molecule has 1 fully saturated rings. The Kier molecular flexibility index (Phi) is 3.43. The Balaban J connectivity index is 2.25. The van der Waals surface area contributed by atoms with E-state index in [9.17, 15) is 9.18 Å². The summed E-state index contributed by atoms with van der Waals surface area (Å²) >= 11 is 0. The SMILES string of the molecule is COC(=O)[C@]1(Cc2ccccc2F)CCCN1. The number of nitrogens with one attached hydrogen (secondary N) is 1. The minimum Gasteiger partial charge on any atom is -0.468 e. The topological polar surface area (TPSA) is 38.3 Å². The molecule has 1 aliphatic heterocycles. The number of benzene rings is 1. The van der Waals surface area contributed by atoms with Crippen molar-refractivity contribution in [3.63, 3.8) is 0 Å². The van der Waals surface area contributed by atoms with E-state index in [4.69, 9.17) is 4.74 Å². The summed E-state index contributed by atoms with van der Waals surface area (Å²) in [5.41, 5.74) is -0.205. The summed E-state index contributed by atoms with van der Waals surface area (Å²) in [5, 5.41) is 3.16. The third kappa shape index (κ3) is 2.31. The Bertz CT molecular complexity index is 414. The maximum absolute atomic E-state index is 13.6. The lowest BCUT2D eigenvalue weighted by Gasteiger charge is -2.26. The van der Waals surface area contributed by atoms with Crippen molar-refractivity contribution >= 4 is 5.97 Å². The summed E-state index contributed by atoms with van der Waals surface area (Å²) in [6.45, 7) is 0.767. The number of carbonyl (C=O) groups excluding carboxylic acids is 1. The van der Waals surface area contributed by atoms with Crippen LogP contribution < -0.4 is 5.32 Å². The first-order chi connectivity index (χ1) is 8.18. The lowest BCUT2D eigenvalue weighted by molar-refractivity contribution is -0.148. The molecule has 4 heteroatoms. The van der Waals surface area contributed by atoms with Crippen molar-refractivity contribution in [3.8, 4) is 0 Å². The van der Waals surface area contributed by atoms with E-state index in [0.29, 0.717) is 18.4 Å². The number of hydrogen-bond donors (Lipinski definition) is 1. The van der Waals surface area contributed by atoms with Gasteiger partial charge in [-0.2, -0.15) is 0 Å². The predicted octanol–water partition coefficient (Wildman–Crippen LogP) is 1.66. The molecule has 2 rings (SSSR count). The van der Waals surface area contributed by atoms with Gasteiger partial charge in [-0.3, -0.25) is 4.79 Å². The van der Waals surface area contributed by atoms with Gasteiger partial charge in [0, 0.05) is 6.42 Å². The molecule has 0 saturated carbocycles. The highest BCUT2D eigenvalue weighted by Crippen LogP contribution is 2.26. The highest BCUT2D eigenvalue weighted by atomic mass is 19.1. The summed E-state index contributed by atoms with van der Waals surface area (Å²) in [6, 6.07) is 6.54. The average Bonchev–Trinajstić information content (AvgIpc) is 2.81. The van der Waals surface area contributed by atoms with Gasteiger partial charge in [0.05, 0.1) is 7.11 Å². The van der Waals surface area contributed by atoms with Crippen LogP contribution in [0.5, 0.6) is 0 Å². The first-order valence-corrected chi connectivity index (χ1v) is 5.75. The van der Waals surface area contributed by atoms with Crippen LogP contribution in [-0.4, -0.2) is 25.2 Å². The van der Waals surface area contributed by atoms with Crippen LogP contribution in [0.2, 0.25) is 0 Å². The minimum absolute atomic E-state index is 0.274. The largest absolute Gasteiger partial charge is 0.468 e. The van der Waals surface area contributed by atoms with Crippen LogP contribution in [0.25, 0.3) is 0 Å². The quantitative estimate of drug-likeness (QED) is 0.813. The minimum atomic E-state index is -0.753. The fraction of sp³-hybridized carbons (Fsp3) is 0.462. The second kappa shape index (κ2) is 4.84. The molecular formula is C13H16FNO2. The molecule has 17 heavy (non-hydrogen) atoms. The zero-order valence-corrected chi connectivity index (χ0v) is 9.83. The van der Waals surface area contributed by atoms with Gasteiger partial charge in [0.2, 0.25) is 0 Å². The highest BCUT2D eigenvalue weighted by Gasteiger charge is 2.42. The molecule has 1 atom stereocenters. The molecule has 1 saturated heterocycles. The number of ether oxygens (including phenoxy) is 1. The average molecular weight is 237 g/mol. The summed E-state index contributed by atoms with van der Waals surface area (Å²) < 4.78 is 18.4. The van der Waals surface area contributed by atoms with Gasteiger partial charge in [-0.05, 0) is 31.0 Å². The van der Waals surface area contributed by atoms with Crippen LogP contribution in [0.15, 0.2) is 24.3 Å². The second-order valence-electron chi connectivity index (χ2n) is 4.37. The maximum atomic E-state index is 13.6. The zero-order chi connectivity index (χ0) is 12.3. The molecule has 1 aromatic rings. The molecule has 1 N–H and O–H groups in total. The molecule has 1 aliphatic rings. The predicted molar refractivity (Wildman–Crippen MR) is 62.1 cm³/mol. The van der Waals surface area contributed by atoms with Crippen LogP contribution in [0.4, 0.5) is 4.39 Å². The van der Waals surface area contributed by atoms with Crippen LogP contribution in [0.1, 0.15) is 18.4 Å². The van der Waals surface area contributed by atoms with E-state index >= 15 is 0 Å². The van der Waals surface area contributed by atoms with Crippen LogP contribution >= 0.6 is 0 Å². The van der Waals surface area contributed by atoms with E-state index in [1.165, 1.54) is 13.2 Å². The van der Waals surface area contributed by atoms with Crippen molar-refractivity contribution in [2.75, 3.05) is 13.7 Å². The van der Waals surface area contributed by atoms with Gasteiger partial charge in [-0.1, -0.05) is 18.2 Å². The lowest BCUT2D eigenvalue weighted by atomic mass is 9.89. The molecule has 0 spiro atoms. The number of halogens is 1. The number of methoxy groups -OCH3 is 1. The standard InChI is InChI=1S/C13H16FNO2/c1-17-12(16)13(7-4-8-15-13)9-10-5-2-3-6-11(10)14/h2-3,5-6,15H,4,7-9H2,1H3/t13-/m1/s1. The Morgan fingerprint density at radius 2 is 2.29 bits per heavy atom. The number of carbonyl (C=O) groups is 1. The van der Waals surface area contributed by atoms with E-state index in [2.05, 4.69) is 5.32 Å². The fourth-order valence-corrected chi connectivity index (χ4v) is 2.37. The summed E-state index contributed by atoms with van der Waals surface area (Å²) in [7, 11) is 1.37. The Labute approximate surface area is 100.0 Å². The molecule has 1 aromatic carbocycles. The van der Waals surface area contributed by atoms with Crippen LogP contribution in [-0.2, 0) is 16.0 Å². The van der Waals surface area contributed by atoms with Crippen molar-refractivity contribution in [1.82, 2.24) is 5.32 Å². The molecule has 0 amide bonds. The Morgan fingerprint density at radius 3 is 2.88 bits per heavy atom. The van der Waals surface area contributed by atoms with Gasteiger partial charge in [0.1, 0.15) is 11.4 Å². The molecule has 1 heterocycles. The molecule has 3 nitrogen and oxygen atoms in total. The van der Waals surface area contributed by atoms with Gasteiger partial charge in [-0.25, -0.2) is 4.39 Å². The molecular weight excluding hydrogens is 221 g/mol. The van der Waals surface area contributed by atoms with Gasteiger partial charge in [0.25, 0.3) is 0 Å². The van der Waals surface area contributed by atoms with E-state index in [1.807, 2.05) is 0 Å². The monoisotopic (exact) mass is 237 g/mol. The third-order valence-electron chi connectivity index (χ3n) is 3.27. The normalized spacial score (nSPS) is 23.6. The van der Waals surface area contributed by atoms with Crippen LogP contribution in [0.3, 0.4) is 0 Å². The molecule has 0 aromatic heterocycles. The van der Waals surface area contributed by atoms with E-state index in [1.54, 1.807) is 18.2 Å². The zero-order valence-electron chi connectivity index (χ0n) is 9.83. The molecule has 92 valence electrons. The van der Waals surface area contributed by atoms with Crippen molar-refractivity contribution in [1.29, 1.82) is 0 Å². The first kappa shape index (κ1) is 12.0. The number of esters is 1. The van der Waals surface area contributed by atoms with E-state index < -0.39 is 5.54 Å². The summed E-state index contributed by atoms with van der Waals surface area (Å²) in [5.74, 6) is -0.581. The van der Waals surface area contributed by atoms with Crippen molar-refractivity contribution < 1.29 is 13.9 Å². The van der Waals surface area contributed by atoms with Crippen molar-refractivity contribution in [3.05, 3.63) is 35.6 Å². The first-order valence-electron chi connectivity index (χ1n) is 5.75. The molecule has 0 unspecified atom stereocenters. The lowest BCUT2D eigenvalue weighted by Crippen LogP contribution is -2.50. The van der Waals surface area contributed by atoms with E-state index in [-0.39, 0.29) is 11.8 Å².